The number of hydrogen-bond acceptors (Lipinski definition) is 4. The SMILES string of the molecule is CN(C)c1ncc(CNCC(=O)NC(C)(C)C)n1C. The smallest absolute Gasteiger partial charge is 0.234 e. The van der Waals surface area contributed by atoms with Gasteiger partial charge in [-0.2, -0.15) is 0 Å². The first-order chi connectivity index (χ1) is 8.70. The zero-order valence-electron chi connectivity index (χ0n) is 12.7. The van der Waals surface area contributed by atoms with Crippen molar-refractivity contribution in [3.05, 3.63) is 11.9 Å². The average Bonchev–Trinajstić information content (AvgIpc) is 2.57. The first-order valence-electron chi connectivity index (χ1n) is 6.40. The van der Waals surface area contributed by atoms with Gasteiger partial charge in [0.25, 0.3) is 0 Å². The molecule has 0 aromatic carbocycles. The van der Waals surface area contributed by atoms with Gasteiger partial charge in [-0.05, 0) is 20.8 Å². The van der Waals surface area contributed by atoms with E-state index in [9.17, 15) is 4.79 Å². The van der Waals surface area contributed by atoms with Gasteiger partial charge >= 0.3 is 0 Å². The molecule has 0 bridgehead atoms. The Morgan fingerprint density at radius 3 is 2.53 bits per heavy atom. The van der Waals surface area contributed by atoms with Crippen LogP contribution in [0, 0.1) is 0 Å². The number of rotatable bonds is 5. The maximum absolute atomic E-state index is 11.6. The molecule has 1 aromatic rings. The summed E-state index contributed by atoms with van der Waals surface area (Å²) in [6, 6.07) is 0. The second-order valence-corrected chi connectivity index (χ2v) is 5.90. The number of amides is 1. The first kappa shape index (κ1) is 15.5. The monoisotopic (exact) mass is 267 g/mol. The van der Waals surface area contributed by atoms with Crippen LogP contribution in [-0.2, 0) is 18.4 Å². The van der Waals surface area contributed by atoms with E-state index in [-0.39, 0.29) is 11.4 Å². The minimum atomic E-state index is -0.191. The summed E-state index contributed by atoms with van der Waals surface area (Å²) < 4.78 is 2.01. The van der Waals surface area contributed by atoms with E-state index in [1.54, 1.807) is 0 Å². The summed E-state index contributed by atoms with van der Waals surface area (Å²) in [5.74, 6) is 0.901. The maximum Gasteiger partial charge on any atom is 0.234 e. The molecule has 108 valence electrons. The van der Waals surface area contributed by atoms with Gasteiger partial charge in [0.1, 0.15) is 0 Å². The van der Waals surface area contributed by atoms with Crippen LogP contribution in [0.4, 0.5) is 5.95 Å². The predicted octanol–water partition coefficient (Wildman–Crippen LogP) is 0.490. The number of nitrogens with one attached hydrogen (secondary N) is 2. The topological polar surface area (TPSA) is 62.2 Å². The molecule has 2 N–H and O–H groups in total. The van der Waals surface area contributed by atoms with E-state index < -0.39 is 0 Å². The highest BCUT2D eigenvalue weighted by Crippen LogP contribution is 2.10. The van der Waals surface area contributed by atoms with Crippen molar-refractivity contribution in [2.24, 2.45) is 7.05 Å². The van der Waals surface area contributed by atoms with Crippen molar-refractivity contribution in [2.45, 2.75) is 32.9 Å². The number of nitrogens with zero attached hydrogens (tertiary/aromatic N) is 3. The Bertz CT molecular complexity index is 431. The number of aromatic nitrogens is 2. The molecule has 0 radical (unpaired) electrons. The molecule has 19 heavy (non-hydrogen) atoms. The van der Waals surface area contributed by atoms with Crippen LogP contribution in [0.5, 0.6) is 0 Å². The van der Waals surface area contributed by atoms with Crippen molar-refractivity contribution in [3.8, 4) is 0 Å². The highest BCUT2D eigenvalue weighted by atomic mass is 16.2. The molecule has 0 atom stereocenters. The Morgan fingerprint density at radius 1 is 1.42 bits per heavy atom. The Labute approximate surface area is 115 Å². The second kappa shape index (κ2) is 6.06. The molecule has 0 fully saturated rings. The molecule has 1 heterocycles. The normalized spacial score (nSPS) is 11.5. The summed E-state index contributed by atoms with van der Waals surface area (Å²) in [5.41, 5.74) is 0.857. The largest absolute Gasteiger partial charge is 0.350 e. The molecule has 0 aliphatic carbocycles. The molecular formula is C13H25N5O. The van der Waals surface area contributed by atoms with E-state index in [1.807, 2.05) is 57.6 Å². The summed E-state index contributed by atoms with van der Waals surface area (Å²) in [7, 11) is 5.88. The third kappa shape index (κ3) is 4.90. The van der Waals surface area contributed by atoms with Crippen LogP contribution in [0.1, 0.15) is 26.5 Å². The second-order valence-electron chi connectivity index (χ2n) is 5.90. The summed E-state index contributed by atoms with van der Waals surface area (Å²) >= 11 is 0. The van der Waals surface area contributed by atoms with Crippen LogP contribution < -0.4 is 15.5 Å². The maximum atomic E-state index is 11.6. The van der Waals surface area contributed by atoms with Crippen molar-refractivity contribution >= 4 is 11.9 Å². The van der Waals surface area contributed by atoms with E-state index in [0.29, 0.717) is 13.1 Å². The van der Waals surface area contributed by atoms with Gasteiger partial charge in [0.2, 0.25) is 11.9 Å². The van der Waals surface area contributed by atoms with Gasteiger partial charge in [0.15, 0.2) is 0 Å². The first-order valence-corrected chi connectivity index (χ1v) is 6.40. The lowest BCUT2D eigenvalue weighted by Crippen LogP contribution is -2.44. The standard InChI is InChI=1S/C13H25N5O/c1-13(2,3)16-11(19)9-14-7-10-8-15-12(17(4)5)18(10)6/h8,14H,7,9H2,1-6H3,(H,16,19). The summed E-state index contributed by atoms with van der Waals surface area (Å²) in [6.45, 7) is 6.83. The third-order valence-electron chi connectivity index (χ3n) is 2.57. The van der Waals surface area contributed by atoms with Crippen LogP contribution >= 0.6 is 0 Å². The van der Waals surface area contributed by atoms with Crippen molar-refractivity contribution in [2.75, 3.05) is 25.5 Å². The summed E-state index contributed by atoms with van der Waals surface area (Å²) in [6.07, 6.45) is 1.82. The molecule has 0 saturated carbocycles. The van der Waals surface area contributed by atoms with E-state index >= 15 is 0 Å². The lowest BCUT2D eigenvalue weighted by atomic mass is 10.1. The zero-order chi connectivity index (χ0) is 14.6. The van der Waals surface area contributed by atoms with Crippen LogP contribution in [-0.4, -0.2) is 41.6 Å². The van der Waals surface area contributed by atoms with E-state index in [0.717, 1.165) is 11.6 Å². The van der Waals surface area contributed by atoms with Gasteiger partial charge in [0.05, 0.1) is 18.4 Å². The van der Waals surface area contributed by atoms with Crippen molar-refractivity contribution in [1.82, 2.24) is 20.2 Å². The fourth-order valence-corrected chi connectivity index (χ4v) is 1.78. The summed E-state index contributed by atoms with van der Waals surface area (Å²) in [4.78, 5) is 17.9. The van der Waals surface area contributed by atoms with Crippen LogP contribution in [0.25, 0.3) is 0 Å². The molecule has 0 unspecified atom stereocenters. The number of hydrogen-bond donors (Lipinski definition) is 2. The Hall–Kier alpha value is -1.56. The van der Waals surface area contributed by atoms with Crippen molar-refractivity contribution in [1.29, 1.82) is 0 Å². The van der Waals surface area contributed by atoms with Gasteiger partial charge in [-0.3, -0.25) is 4.79 Å². The van der Waals surface area contributed by atoms with Crippen LogP contribution in [0.3, 0.4) is 0 Å². The van der Waals surface area contributed by atoms with E-state index in [1.165, 1.54) is 0 Å². The van der Waals surface area contributed by atoms with Crippen LogP contribution in [0.2, 0.25) is 0 Å². The van der Waals surface area contributed by atoms with Crippen LogP contribution in [0.15, 0.2) is 6.20 Å². The molecule has 1 amide bonds. The quantitative estimate of drug-likeness (QED) is 0.815. The highest BCUT2D eigenvalue weighted by molar-refractivity contribution is 5.78. The number of carbonyl (C=O) groups is 1. The van der Waals surface area contributed by atoms with Gasteiger partial charge < -0.3 is 20.1 Å². The molecule has 0 aliphatic rings. The summed E-state index contributed by atoms with van der Waals surface area (Å²) in [5, 5.41) is 6.04. The van der Waals surface area contributed by atoms with Gasteiger partial charge in [-0.15, -0.1) is 0 Å². The van der Waals surface area contributed by atoms with Crippen molar-refractivity contribution < 1.29 is 4.79 Å². The van der Waals surface area contributed by atoms with E-state index in [2.05, 4.69) is 15.6 Å². The molecule has 0 aliphatic heterocycles. The molecule has 6 heteroatoms. The molecular weight excluding hydrogens is 242 g/mol. The molecule has 1 rings (SSSR count). The molecule has 6 nitrogen and oxygen atoms in total. The van der Waals surface area contributed by atoms with Gasteiger partial charge in [-0.25, -0.2) is 4.98 Å². The van der Waals surface area contributed by atoms with Crippen molar-refractivity contribution in [3.63, 3.8) is 0 Å². The Kier molecular flexibility index (Phi) is 4.94. The van der Waals surface area contributed by atoms with E-state index in [4.69, 9.17) is 0 Å². The minimum absolute atomic E-state index is 0.00232. The fourth-order valence-electron chi connectivity index (χ4n) is 1.78. The predicted molar refractivity (Wildman–Crippen MR) is 77.1 cm³/mol. The Balaban J connectivity index is 2.44. The number of anilines is 1. The molecule has 0 saturated heterocycles. The van der Waals surface area contributed by atoms with Gasteiger partial charge in [0, 0.05) is 33.2 Å². The zero-order valence-corrected chi connectivity index (χ0v) is 12.7. The highest BCUT2D eigenvalue weighted by Gasteiger charge is 2.13. The average molecular weight is 267 g/mol. The lowest BCUT2D eigenvalue weighted by molar-refractivity contribution is -0.121. The molecule has 0 spiro atoms. The fraction of sp³-hybridized carbons (Fsp3) is 0.692. The third-order valence-corrected chi connectivity index (χ3v) is 2.57. The lowest BCUT2D eigenvalue weighted by Gasteiger charge is -2.20. The minimum Gasteiger partial charge on any atom is -0.350 e. The number of imidazole rings is 1. The number of carbonyl (C=O) groups excluding carboxylic acids is 1. The van der Waals surface area contributed by atoms with Gasteiger partial charge in [-0.1, -0.05) is 0 Å². The Morgan fingerprint density at radius 2 is 2.05 bits per heavy atom. The molecule has 1 aromatic heterocycles.